The Hall–Kier alpha value is -1.89. The molecule has 1 aromatic heterocycles. The number of carbonyl (C=O) groups excluding carboxylic acids is 2. The van der Waals surface area contributed by atoms with Crippen LogP contribution >= 0.6 is 0 Å². The van der Waals surface area contributed by atoms with Crippen LogP contribution in [0, 0.1) is 5.92 Å². The highest BCUT2D eigenvalue weighted by atomic mass is 16.5. The first-order chi connectivity index (χ1) is 12.1. The molecule has 2 heterocycles. The molecular weight excluding hydrogens is 320 g/mol. The Morgan fingerprint density at radius 3 is 2.64 bits per heavy atom. The minimum absolute atomic E-state index is 0.0108. The molecule has 1 atom stereocenters. The van der Waals surface area contributed by atoms with Crippen molar-refractivity contribution in [1.82, 2.24) is 15.4 Å². The number of nitrogens with zero attached hydrogens (tertiary/aromatic N) is 2. The van der Waals surface area contributed by atoms with E-state index in [0.717, 1.165) is 50.7 Å². The summed E-state index contributed by atoms with van der Waals surface area (Å²) in [6.45, 7) is 1.29. The fourth-order valence-electron chi connectivity index (χ4n) is 3.92. The summed E-state index contributed by atoms with van der Waals surface area (Å²) < 4.78 is 5.24. The summed E-state index contributed by atoms with van der Waals surface area (Å²) in [4.78, 5) is 26.9. The minimum Gasteiger partial charge on any atom is -0.360 e. The second kappa shape index (κ2) is 6.78. The molecule has 2 saturated carbocycles. The maximum Gasteiger partial charge on any atom is 0.273 e. The minimum atomic E-state index is -0.210. The zero-order chi connectivity index (χ0) is 17.4. The van der Waals surface area contributed by atoms with Gasteiger partial charge in [-0.15, -0.1) is 0 Å². The van der Waals surface area contributed by atoms with Crippen molar-refractivity contribution in [3.8, 4) is 0 Å². The normalized spacial score (nSPS) is 29.6. The number of hydrogen-bond donors (Lipinski definition) is 2. The third kappa shape index (κ3) is 3.71. The van der Waals surface area contributed by atoms with Crippen LogP contribution in [0.3, 0.4) is 0 Å². The Kier molecular flexibility index (Phi) is 4.50. The molecule has 136 valence electrons. The first kappa shape index (κ1) is 16.6. The SMILES string of the molecule is NC1CCC(C(=O)N2CC[C@@H](NC(=O)c3cc(C4CC4)on3)C2)CC1. The van der Waals surface area contributed by atoms with Gasteiger partial charge in [-0.2, -0.15) is 0 Å². The fourth-order valence-corrected chi connectivity index (χ4v) is 3.92. The Labute approximate surface area is 147 Å². The molecule has 2 amide bonds. The maximum absolute atomic E-state index is 12.6. The van der Waals surface area contributed by atoms with E-state index in [1.165, 1.54) is 0 Å². The molecule has 0 unspecified atom stereocenters. The molecule has 25 heavy (non-hydrogen) atoms. The zero-order valence-electron chi connectivity index (χ0n) is 14.4. The van der Waals surface area contributed by atoms with Crippen molar-refractivity contribution < 1.29 is 14.1 Å². The summed E-state index contributed by atoms with van der Waals surface area (Å²) in [6.07, 6.45) is 6.65. The Morgan fingerprint density at radius 1 is 1.16 bits per heavy atom. The molecule has 1 aromatic rings. The highest BCUT2D eigenvalue weighted by Crippen LogP contribution is 2.40. The van der Waals surface area contributed by atoms with Gasteiger partial charge < -0.3 is 20.5 Å². The van der Waals surface area contributed by atoms with Crippen LogP contribution in [0.1, 0.15) is 67.1 Å². The molecule has 1 aliphatic heterocycles. The van der Waals surface area contributed by atoms with Gasteiger partial charge in [-0.1, -0.05) is 5.16 Å². The van der Waals surface area contributed by atoms with E-state index in [1.807, 2.05) is 4.90 Å². The summed E-state index contributed by atoms with van der Waals surface area (Å²) in [5.41, 5.74) is 6.26. The van der Waals surface area contributed by atoms with E-state index in [4.69, 9.17) is 10.3 Å². The van der Waals surface area contributed by atoms with Crippen molar-refractivity contribution >= 4 is 11.8 Å². The van der Waals surface area contributed by atoms with E-state index in [1.54, 1.807) is 6.07 Å². The monoisotopic (exact) mass is 346 g/mol. The average Bonchev–Trinajstić information content (AvgIpc) is 3.16. The van der Waals surface area contributed by atoms with Crippen molar-refractivity contribution in [3.63, 3.8) is 0 Å². The van der Waals surface area contributed by atoms with Crippen LogP contribution < -0.4 is 11.1 Å². The molecule has 4 rings (SSSR count). The second-order valence-corrected chi connectivity index (χ2v) is 7.74. The van der Waals surface area contributed by atoms with Crippen LogP contribution in [0.4, 0.5) is 0 Å². The third-order valence-electron chi connectivity index (χ3n) is 5.70. The number of nitrogens with two attached hydrogens (primary N) is 1. The highest BCUT2D eigenvalue weighted by Gasteiger charge is 2.34. The standard InChI is InChI=1S/C18H26N4O3/c19-13-5-3-12(4-6-13)18(24)22-8-7-14(10-22)20-17(23)15-9-16(25-21-15)11-1-2-11/h9,11-14H,1-8,10,19H2,(H,20,23)/t12?,13?,14-/m1/s1. The second-order valence-electron chi connectivity index (χ2n) is 7.74. The summed E-state index contributed by atoms with van der Waals surface area (Å²) in [6, 6.07) is 1.98. The third-order valence-corrected chi connectivity index (χ3v) is 5.70. The van der Waals surface area contributed by atoms with Crippen molar-refractivity contribution in [2.75, 3.05) is 13.1 Å². The Morgan fingerprint density at radius 2 is 1.92 bits per heavy atom. The van der Waals surface area contributed by atoms with E-state index < -0.39 is 0 Å². The molecule has 7 nitrogen and oxygen atoms in total. The summed E-state index contributed by atoms with van der Waals surface area (Å²) in [5.74, 6) is 1.37. The van der Waals surface area contributed by atoms with E-state index in [0.29, 0.717) is 24.7 Å². The quantitative estimate of drug-likeness (QED) is 0.858. The molecule has 3 aliphatic rings. The molecule has 7 heteroatoms. The van der Waals surface area contributed by atoms with Gasteiger partial charge in [0, 0.05) is 43.1 Å². The molecule has 2 aliphatic carbocycles. The van der Waals surface area contributed by atoms with Crippen molar-refractivity contribution in [2.24, 2.45) is 11.7 Å². The summed E-state index contributed by atoms with van der Waals surface area (Å²) >= 11 is 0. The van der Waals surface area contributed by atoms with Crippen molar-refractivity contribution in [2.45, 2.75) is 62.9 Å². The predicted molar refractivity (Wildman–Crippen MR) is 90.9 cm³/mol. The van der Waals surface area contributed by atoms with E-state index >= 15 is 0 Å². The molecule has 0 spiro atoms. The molecule has 3 fully saturated rings. The van der Waals surface area contributed by atoms with Gasteiger partial charge in [0.25, 0.3) is 5.91 Å². The predicted octanol–water partition coefficient (Wildman–Crippen LogP) is 1.40. The van der Waals surface area contributed by atoms with Crippen LogP contribution in [-0.4, -0.2) is 47.0 Å². The molecular formula is C18H26N4O3. The largest absolute Gasteiger partial charge is 0.360 e. The number of carbonyl (C=O) groups is 2. The lowest BCUT2D eigenvalue weighted by Gasteiger charge is -2.28. The number of likely N-dealkylation sites (tertiary alicyclic amines) is 1. The van der Waals surface area contributed by atoms with Gasteiger partial charge >= 0.3 is 0 Å². The van der Waals surface area contributed by atoms with E-state index in [9.17, 15) is 9.59 Å². The van der Waals surface area contributed by atoms with Gasteiger partial charge in [-0.05, 0) is 44.9 Å². The first-order valence-electron chi connectivity index (χ1n) is 9.42. The van der Waals surface area contributed by atoms with Crippen LogP contribution in [0.2, 0.25) is 0 Å². The van der Waals surface area contributed by atoms with E-state index in [2.05, 4.69) is 10.5 Å². The molecule has 1 saturated heterocycles. The van der Waals surface area contributed by atoms with Crippen LogP contribution in [-0.2, 0) is 4.79 Å². The lowest BCUT2D eigenvalue weighted by atomic mass is 9.85. The van der Waals surface area contributed by atoms with Crippen LogP contribution in [0.5, 0.6) is 0 Å². The number of aromatic nitrogens is 1. The number of rotatable bonds is 4. The van der Waals surface area contributed by atoms with Gasteiger partial charge in [-0.3, -0.25) is 9.59 Å². The van der Waals surface area contributed by atoms with Crippen LogP contribution in [0.25, 0.3) is 0 Å². The number of nitrogens with one attached hydrogen (secondary N) is 1. The van der Waals surface area contributed by atoms with Gasteiger partial charge in [0.05, 0.1) is 0 Å². The summed E-state index contributed by atoms with van der Waals surface area (Å²) in [5, 5.41) is 6.86. The lowest BCUT2D eigenvalue weighted by molar-refractivity contribution is -0.135. The lowest BCUT2D eigenvalue weighted by Crippen LogP contribution is -2.41. The topological polar surface area (TPSA) is 101 Å². The van der Waals surface area contributed by atoms with Gasteiger partial charge in [0.2, 0.25) is 5.91 Å². The number of hydrogen-bond acceptors (Lipinski definition) is 5. The molecule has 0 radical (unpaired) electrons. The first-order valence-corrected chi connectivity index (χ1v) is 9.42. The van der Waals surface area contributed by atoms with Gasteiger partial charge in [-0.25, -0.2) is 0 Å². The molecule has 3 N–H and O–H groups in total. The van der Waals surface area contributed by atoms with Crippen LogP contribution in [0.15, 0.2) is 10.6 Å². The number of amides is 2. The van der Waals surface area contributed by atoms with Crippen molar-refractivity contribution in [3.05, 3.63) is 17.5 Å². The highest BCUT2D eigenvalue weighted by molar-refractivity contribution is 5.92. The Bertz CT molecular complexity index is 647. The Balaban J connectivity index is 1.28. The molecule has 0 aromatic carbocycles. The molecule has 0 bridgehead atoms. The van der Waals surface area contributed by atoms with Gasteiger partial charge in [0.1, 0.15) is 5.76 Å². The average molecular weight is 346 g/mol. The van der Waals surface area contributed by atoms with Gasteiger partial charge in [0.15, 0.2) is 5.69 Å². The fraction of sp³-hybridized carbons (Fsp3) is 0.722. The maximum atomic E-state index is 12.6. The smallest absolute Gasteiger partial charge is 0.273 e. The zero-order valence-corrected chi connectivity index (χ0v) is 14.4. The van der Waals surface area contributed by atoms with Crippen molar-refractivity contribution in [1.29, 1.82) is 0 Å². The summed E-state index contributed by atoms with van der Waals surface area (Å²) in [7, 11) is 0. The van der Waals surface area contributed by atoms with E-state index in [-0.39, 0.29) is 29.8 Å².